The average molecular weight is 256 g/mol. The molecule has 0 aromatic carbocycles. The van der Waals surface area contributed by atoms with Crippen LogP contribution in [0.3, 0.4) is 0 Å². The summed E-state index contributed by atoms with van der Waals surface area (Å²) in [6.07, 6.45) is 7.99. The van der Waals surface area contributed by atoms with Gasteiger partial charge in [-0.1, -0.05) is 19.3 Å². The first-order valence-corrected chi connectivity index (χ1v) is 7.52. The van der Waals surface area contributed by atoms with Gasteiger partial charge in [-0.05, 0) is 32.1 Å². The SMILES string of the molecule is CCOC(C1CCCCC1)C(NN)C1CCOC1. The highest BCUT2D eigenvalue weighted by molar-refractivity contribution is 4.89. The third-order valence-electron chi connectivity index (χ3n) is 4.49. The van der Waals surface area contributed by atoms with E-state index >= 15 is 0 Å². The molecule has 4 nitrogen and oxygen atoms in total. The Morgan fingerprint density at radius 1 is 1.22 bits per heavy atom. The molecule has 0 amide bonds. The van der Waals surface area contributed by atoms with Crippen LogP contribution < -0.4 is 11.3 Å². The number of nitrogens with one attached hydrogen (secondary N) is 1. The fourth-order valence-corrected chi connectivity index (χ4v) is 3.52. The summed E-state index contributed by atoms with van der Waals surface area (Å²) >= 11 is 0. The van der Waals surface area contributed by atoms with Gasteiger partial charge in [0.1, 0.15) is 0 Å². The molecule has 3 atom stereocenters. The summed E-state index contributed by atoms with van der Waals surface area (Å²) in [5.41, 5.74) is 3.02. The van der Waals surface area contributed by atoms with E-state index in [-0.39, 0.29) is 12.1 Å². The van der Waals surface area contributed by atoms with Crippen molar-refractivity contribution in [2.45, 2.75) is 57.6 Å². The Morgan fingerprint density at radius 3 is 2.56 bits per heavy atom. The minimum Gasteiger partial charge on any atom is -0.381 e. The van der Waals surface area contributed by atoms with E-state index in [4.69, 9.17) is 15.3 Å². The number of hydrazine groups is 1. The van der Waals surface area contributed by atoms with Crippen molar-refractivity contribution in [3.05, 3.63) is 0 Å². The van der Waals surface area contributed by atoms with Crippen molar-refractivity contribution in [2.75, 3.05) is 19.8 Å². The fraction of sp³-hybridized carbons (Fsp3) is 1.00. The maximum atomic E-state index is 6.05. The Hall–Kier alpha value is -0.160. The Morgan fingerprint density at radius 2 is 2.00 bits per heavy atom. The minimum absolute atomic E-state index is 0.246. The summed E-state index contributed by atoms with van der Waals surface area (Å²) in [6, 6.07) is 0.246. The quantitative estimate of drug-likeness (QED) is 0.562. The van der Waals surface area contributed by atoms with Gasteiger partial charge < -0.3 is 9.47 Å². The van der Waals surface area contributed by atoms with Crippen LogP contribution in [0.5, 0.6) is 0 Å². The van der Waals surface area contributed by atoms with Crippen LogP contribution in [0.4, 0.5) is 0 Å². The van der Waals surface area contributed by atoms with Crippen LogP contribution in [0.1, 0.15) is 45.4 Å². The van der Waals surface area contributed by atoms with Crippen LogP contribution in [-0.2, 0) is 9.47 Å². The van der Waals surface area contributed by atoms with Crippen molar-refractivity contribution in [2.24, 2.45) is 17.7 Å². The van der Waals surface area contributed by atoms with E-state index in [1.807, 2.05) is 0 Å². The van der Waals surface area contributed by atoms with Crippen LogP contribution >= 0.6 is 0 Å². The number of nitrogens with two attached hydrogens (primary N) is 1. The van der Waals surface area contributed by atoms with Crippen LogP contribution in [0.2, 0.25) is 0 Å². The topological polar surface area (TPSA) is 56.5 Å². The molecule has 0 spiro atoms. The molecule has 0 radical (unpaired) electrons. The van der Waals surface area contributed by atoms with Crippen LogP contribution in [0, 0.1) is 11.8 Å². The Kier molecular flexibility index (Phi) is 5.89. The van der Waals surface area contributed by atoms with Gasteiger partial charge in [0, 0.05) is 19.1 Å². The van der Waals surface area contributed by atoms with E-state index in [0.717, 1.165) is 26.2 Å². The van der Waals surface area contributed by atoms with E-state index in [1.54, 1.807) is 0 Å². The van der Waals surface area contributed by atoms with Gasteiger partial charge >= 0.3 is 0 Å². The lowest BCUT2D eigenvalue weighted by molar-refractivity contribution is -0.0322. The molecule has 1 saturated heterocycles. The number of rotatable bonds is 6. The normalized spacial score (nSPS) is 29.3. The molecule has 106 valence electrons. The highest BCUT2D eigenvalue weighted by Gasteiger charge is 2.36. The smallest absolute Gasteiger partial charge is 0.0772 e. The summed E-state index contributed by atoms with van der Waals surface area (Å²) in [6.45, 7) is 4.54. The van der Waals surface area contributed by atoms with Gasteiger partial charge in [-0.25, -0.2) is 0 Å². The fourth-order valence-electron chi connectivity index (χ4n) is 3.52. The molecule has 0 aromatic heterocycles. The van der Waals surface area contributed by atoms with E-state index in [9.17, 15) is 0 Å². The molecular formula is C14H28N2O2. The van der Waals surface area contributed by atoms with Crippen molar-refractivity contribution in [3.63, 3.8) is 0 Å². The molecule has 1 aliphatic heterocycles. The number of hydrogen-bond acceptors (Lipinski definition) is 4. The van der Waals surface area contributed by atoms with Crippen LogP contribution in [0.25, 0.3) is 0 Å². The average Bonchev–Trinajstić information content (AvgIpc) is 2.94. The Labute approximate surface area is 111 Å². The summed E-state index contributed by atoms with van der Waals surface area (Å²) < 4.78 is 11.6. The lowest BCUT2D eigenvalue weighted by Gasteiger charge is -2.37. The van der Waals surface area contributed by atoms with Crippen molar-refractivity contribution >= 4 is 0 Å². The van der Waals surface area contributed by atoms with Crippen LogP contribution in [0.15, 0.2) is 0 Å². The summed E-state index contributed by atoms with van der Waals surface area (Å²) in [4.78, 5) is 0. The molecule has 18 heavy (non-hydrogen) atoms. The highest BCUT2D eigenvalue weighted by Crippen LogP contribution is 2.32. The minimum atomic E-state index is 0.246. The van der Waals surface area contributed by atoms with Gasteiger partial charge in [-0.2, -0.15) is 0 Å². The number of ether oxygens (including phenoxy) is 2. The maximum Gasteiger partial charge on any atom is 0.0772 e. The molecule has 2 rings (SSSR count). The molecule has 1 aliphatic carbocycles. The predicted octanol–water partition coefficient (Wildman–Crippen LogP) is 1.84. The third kappa shape index (κ3) is 3.44. The van der Waals surface area contributed by atoms with E-state index in [0.29, 0.717) is 11.8 Å². The molecule has 1 heterocycles. The highest BCUT2D eigenvalue weighted by atomic mass is 16.5. The van der Waals surface area contributed by atoms with Crippen LogP contribution in [-0.4, -0.2) is 32.0 Å². The molecular weight excluding hydrogens is 228 g/mol. The lowest BCUT2D eigenvalue weighted by Crippen LogP contribution is -2.53. The molecule has 3 N–H and O–H groups in total. The van der Waals surface area contributed by atoms with Gasteiger partial charge in [-0.15, -0.1) is 0 Å². The second kappa shape index (κ2) is 7.43. The second-order valence-corrected chi connectivity index (χ2v) is 5.63. The Balaban J connectivity index is 2.00. The standard InChI is InChI=1S/C14H28N2O2/c1-2-18-14(11-6-4-3-5-7-11)13(16-15)12-8-9-17-10-12/h11-14,16H,2-10,15H2,1H3. The van der Waals surface area contributed by atoms with Gasteiger partial charge in [0.15, 0.2) is 0 Å². The molecule has 4 heteroatoms. The largest absolute Gasteiger partial charge is 0.381 e. The predicted molar refractivity (Wildman–Crippen MR) is 72.0 cm³/mol. The zero-order valence-corrected chi connectivity index (χ0v) is 11.6. The molecule has 0 aromatic rings. The first-order chi connectivity index (χ1) is 8.86. The van der Waals surface area contributed by atoms with E-state index in [2.05, 4.69) is 12.3 Å². The third-order valence-corrected chi connectivity index (χ3v) is 4.49. The number of hydrogen-bond donors (Lipinski definition) is 2. The van der Waals surface area contributed by atoms with E-state index in [1.165, 1.54) is 32.1 Å². The first kappa shape index (κ1) is 14.3. The van der Waals surface area contributed by atoms with Crippen molar-refractivity contribution < 1.29 is 9.47 Å². The van der Waals surface area contributed by atoms with Gasteiger partial charge in [0.25, 0.3) is 0 Å². The van der Waals surface area contributed by atoms with E-state index < -0.39 is 0 Å². The monoisotopic (exact) mass is 256 g/mol. The van der Waals surface area contributed by atoms with Crippen molar-refractivity contribution in [3.8, 4) is 0 Å². The molecule has 2 fully saturated rings. The Bertz CT molecular complexity index is 226. The summed E-state index contributed by atoms with van der Waals surface area (Å²) in [5.74, 6) is 6.98. The summed E-state index contributed by atoms with van der Waals surface area (Å²) in [5, 5.41) is 0. The zero-order chi connectivity index (χ0) is 12.8. The lowest BCUT2D eigenvalue weighted by atomic mass is 9.79. The maximum absolute atomic E-state index is 6.05. The molecule has 1 saturated carbocycles. The molecule has 0 bridgehead atoms. The second-order valence-electron chi connectivity index (χ2n) is 5.63. The summed E-state index contributed by atoms with van der Waals surface area (Å²) in [7, 11) is 0. The van der Waals surface area contributed by atoms with Gasteiger partial charge in [-0.3, -0.25) is 11.3 Å². The van der Waals surface area contributed by atoms with Gasteiger partial charge in [0.2, 0.25) is 0 Å². The molecule has 3 unspecified atom stereocenters. The molecule has 2 aliphatic rings. The van der Waals surface area contributed by atoms with Gasteiger partial charge in [0.05, 0.1) is 18.8 Å². The zero-order valence-electron chi connectivity index (χ0n) is 11.6. The van der Waals surface area contributed by atoms with Crippen molar-refractivity contribution in [1.29, 1.82) is 0 Å². The van der Waals surface area contributed by atoms with Crippen molar-refractivity contribution in [1.82, 2.24) is 5.43 Å². The first-order valence-electron chi connectivity index (χ1n) is 7.52.